The number of fused-ring (bicyclic) bond motifs is 1. The third-order valence-corrected chi connectivity index (χ3v) is 6.41. The van der Waals surface area contributed by atoms with E-state index < -0.39 is 10.0 Å². The van der Waals surface area contributed by atoms with Gasteiger partial charge in [0.25, 0.3) is 0 Å². The van der Waals surface area contributed by atoms with Gasteiger partial charge in [0, 0.05) is 25.7 Å². The minimum Gasteiger partial charge on any atom is -0.314 e. The van der Waals surface area contributed by atoms with Gasteiger partial charge in [-0.1, -0.05) is 6.07 Å². The van der Waals surface area contributed by atoms with Crippen molar-refractivity contribution in [3.8, 4) is 0 Å². The maximum Gasteiger partial charge on any atom is 0.244 e. The predicted octanol–water partition coefficient (Wildman–Crippen LogP) is 1.28. The topological polar surface area (TPSA) is 62.3 Å². The largest absolute Gasteiger partial charge is 0.314 e. The molecule has 0 spiro atoms. The number of sulfonamides is 1. The molecule has 19 heavy (non-hydrogen) atoms. The van der Waals surface area contributed by atoms with Crippen LogP contribution in [0.2, 0.25) is 0 Å². The molecule has 1 aliphatic heterocycles. The summed E-state index contributed by atoms with van der Waals surface area (Å²) in [6.07, 6.45) is 0. The van der Waals surface area contributed by atoms with Crippen molar-refractivity contribution in [3.63, 3.8) is 0 Å². The van der Waals surface area contributed by atoms with Crippen molar-refractivity contribution in [2.75, 3.05) is 19.6 Å². The molecule has 1 atom stereocenters. The second-order valence-corrected chi connectivity index (χ2v) is 7.34. The molecule has 0 aliphatic carbocycles. The molecule has 1 unspecified atom stereocenters. The second kappa shape index (κ2) is 4.82. The standard InChI is InChI=1S/C12H15N3O2S2/c1-9-7-13-5-6-15(9)19(16,17)11-4-2-3-10-12(11)18-8-14-10/h2-4,8-9,13H,5-7H2,1H3. The highest BCUT2D eigenvalue weighted by atomic mass is 32.2. The molecule has 1 aliphatic rings. The van der Waals surface area contributed by atoms with Gasteiger partial charge in [-0.15, -0.1) is 11.3 Å². The molecule has 2 heterocycles. The molecular formula is C12H15N3O2S2. The van der Waals surface area contributed by atoms with Gasteiger partial charge >= 0.3 is 0 Å². The maximum atomic E-state index is 12.8. The fourth-order valence-electron chi connectivity index (χ4n) is 2.37. The van der Waals surface area contributed by atoms with Gasteiger partial charge in [0.15, 0.2) is 0 Å². The average Bonchev–Trinajstić information content (AvgIpc) is 2.86. The molecule has 0 radical (unpaired) electrons. The zero-order chi connectivity index (χ0) is 13.5. The first-order valence-electron chi connectivity index (χ1n) is 6.15. The number of piperazine rings is 1. The molecule has 2 aromatic rings. The summed E-state index contributed by atoms with van der Waals surface area (Å²) >= 11 is 1.37. The van der Waals surface area contributed by atoms with Crippen molar-refractivity contribution in [1.82, 2.24) is 14.6 Å². The lowest BCUT2D eigenvalue weighted by molar-refractivity contribution is 0.284. The molecule has 1 N–H and O–H groups in total. The second-order valence-electron chi connectivity index (χ2n) is 4.63. The first-order chi connectivity index (χ1) is 9.10. The molecule has 1 fully saturated rings. The van der Waals surface area contributed by atoms with Gasteiger partial charge in [0.2, 0.25) is 10.0 Å². The van der Waals surface area contributed by atoms with Crippen molar-refractivity contribution in [1.29, 1.82) is 0 Å². The molecule has 102 valence electrons. The highest BCUT2D eigenvalue weighted by Crippen LogP contribution is 2.29. The van der Waals surface area contributed by atoms with Crippen LogP contribution in [-0.4, -0.2) is 43.4 Å². The summed E-state index contributed by atoms with van der Waals surface area (Å²) in [5.74, 6) is 0. The van der Waals surface area contributed by atoms with Crippen LogP contribution in [-0.2, 0) is 10.0 Å². The Morgan fingerprint density at radius 2 is 2.32 bits per heavy atom. The molecular weight excluding hydrogens is 282 g/mol. The highest BCUT2D eigenvalue weighted by molar-refractivity contribution is 7.89. The molecule has 5 nitrogen and oxygen atoms in total. The fraction of sp³-hybridized carbons (Fsp3) is 0.417. The van der Waals surface area contributed by atoms with Crippen molar-refractivity contribution >= 4 is 31.6 Å². The average molecular weight is 297 g/mol. The fourth-order valence-corrected chi connectivity index (χ4v) is 5.25. The van der Waals surface area contributed by atoms with Crippen LogP contribution in [0, 0.1) is 0 Å². The normalized spacial score (nSPS) is 21.8. The lowest BCUT2D eigenvalue weighted by atomic mass is 10.3. The van der Waals surface area contributed by atoms with Gasteiger partial charge in [0.1, 0.15) is 4.90 Å². The number of benzene rings is 1. The smallest absolute Gasteiger partial charge is 0.244 e. The third kappa shape index (κ3) is 2.16. The Morgan fingerprint density at radius 3 is 3.11 bits per heavy atom. The lowest BCUT2D eigenvalue weighted by Crippen LogP contribution is -2.52. The zero-order valence-corrected chi connectivity index (χ0v) is 12.2. The molecule has 0 saturated carbocycles. The number of hydrogen-bond donors (Lipinski definition) is 1. The molecule has 1 aromatic carbocycles. The molecule has 3 rings (SSSR count). The highest BCUT2D eigenvalue weighted by Gasteiger charge is 2.32. The van der Waals surface area contributed by atoms with Gasteiger partial charge in [0.05, 0.1) is 15.7 Å². The van der Waals surface area contributed by atoms with E-state index >= 15 is 0 Å². The summed E-state index contributed by atoms with van der Waals surface area (Å²) in [6, 6.07) is 5.24. The summed E-state index contributed by atoms with van der Waals surface area (Å²) in [5, 5.41) is 3.20. The zero-order valence-electron chi connectivity index (χ0n) is 10.5. The van der Waals surface area contributed by atoms with Gasteiger partial charge in [-0.25, -0.2) is 13.4 Å². The summed E-state index contributed by atoms with van der Waals surface area (Å²) in [6.45, 7) is 3.83. The van der Waals surface area contributed by atoms with Crippen molar-refractivity contribution in [2.24, 2.45) is 0 Å². The number of thiazole rings is 1. The number of aromatic nitrogens is 1. The molecule has 0 bridgehead atoms. The predicted molar refractivity (Wildman–Crippen MR) is 75.8 cm³/mol. The van der Waals surface area contributed by atoms with E-state index in [-0.39, 0.29) is 6.04 Å². The number of hydrogen-bond acceptors (Lipinski definition) is 5. The van der Waals surface area contributed by atoms with E-state index in [1.54, 1.807) is 21.9 Å². The van der Waals surface area contributed by atoms with Gasteiger partial charge < -0.3 is 5.32 Å². The van der Waals surface area contributed by atoms with Gasteiger partial charge in [-0.3, -0.25) is 0 Å². The molecule has 1 saturated heterocycles. The molecule has 0 amide bonds. The van der Waals surface area contributed by atoms with Crippen LogP contribution in [0.15, 0.2) is 28.6 Å². The van der Waals surface area contributed by atoms with Crippen LogP contribution in [0.4, 0.5) is 0 Å². The quantitative estimate of drug-likeness (QED) is 0.907. The van der Waals surface area contributed by atoms with E-state index in [4.69, 9.17) is 0 Å². The Labute approximate surface area is 116 Å². The van der Waals surface area contributed by atoms with Crippen LogP contribution < -0.4 is 5.32 Å². The van der Waals surface area contributed by atoms with Crippen molar-refractivity contribution in [2.45, 2.75) is 17.9 Å². The van der Waals surface area contributed by atoms with Gasteiger partial charge in [-0.05, 0) is 19.1 Å². The Morgan fingerprint density at radius 1 is 1.47 bits per heavy atom. The SMILES string of the molecule is CC1CNCCN1S(=O)(=O)c1cccc2ncsc12. The Hall–Kier alpha value is -1.02. The monoisotopic (exact) mass is 297 g/mol. The first-order valence-corrected chi connectivity index (χ1v) is 8.47. The Bertz CT molecular complexity index is 696. The minimum atomic E-state index is -3.44. The minimum absolute atomic E-state index is 0.0260. The van der Waals surface area contributed by atoms with E-state index in [0.717, 1.165) is 10.2 Å². The van der Waals surface area contributed by atoms with Crippen LogP contribution in [0.5, 0.6) is 0 Å². The maximum absolute atomic E-state index is 12.8. The molecule has 7 heteroatoms. The van der Waals surface area contributed by atoms with E-state index in [9.17, 15) is 8.42 Å². The summed E-state index contributed by atoms with van der Waals surface area (Å²) in [5.41, 5.74) is 2.43. The van der Waals surface area contributed by atoms with E-state index in [2.05, 4.69) is 10.3 Å². The summed E-state index contributed by atoms with van der Waals surface area (Å²) in [4.78, 5) is 4.56. The third-order valence-electron chi connectivity index (χ3n) is 3.35. The number of rotatable bonds is 2. The molecule has 1 aromatic heterocycles. The van der Waals surface area contributed by atoms with E-state index in [1.165, 1.54) is 11.3 Å². The van der Waals surface area contributed by atoms with Crippen LogP contribution >= 0.6 is 11.3 Å². The van der Waals surface area contributed by atoms with Gasteiger partial charge in [-0.2, -0.15) is 4.31 Å². The Balaban J connectivity index is 2.11. The van der Waals surface area contributed by atoms with Crippen molar-refractivity contribution < 1.29 is 8.42 Å². The Kier molecular flexibility index (Phi) is 3.30. The van der Waals surface area contributed by atoms with E-state index in [1.807, 2.05) is 13.0 Å². The summed E-state index contributed by atoms with van der Waals surface area (Å²) in [7, 11) is -3.44. The van der Waals surface area contributed by atoms with Crippen molar-refractivity contribution in [3.05, 3.63) is 23.7 Å². The van der Waals surface area contributed by atoms with Crippen LogP contribution in [0.1, 0.15) is 6.92 Å². The number of nitrogens with zero attached hydrogens (tertiary/aromatic N) is 2. The first kappa shape index (κ1) is 13.0. The summed E-state index contributed by atoms with van der Waals surface area (Å²) < 4.78 is 27.9. The van der Waals surface area contributed by atoms with E-state index in [0.29, 0.717) is 24.5 Å². The lowest BCUT2D eigenvalue weighted by Gasteiger charge is -2.32. The van der Waals surface area contributed by atoms with Crippen LogP contribution in [0.3, 0.4) is 0 Å². The van der Waals surface area contributed by atoms with Crippen LogP contribution in [0.25, 0.3) is 10.2 Å². The number of nitrogens with one attached hydrogen (secondary N) is 1.